The number of hydrogen-bond donors (Lipinski definition) is 1. The van der Waals surface area contributed by atoms with Crippen LogP contribution in [0.4, 0.5) is 0 Å². The van der Waals surface area contributed by atoms with Gasteiger partial charge in [0.25, 0.3) is 0 Å². The summed E-state index contributed by atoms with van der Waals surface area (Å²) in [6.45, 7) is 3.62. The molecule has 0 aromatic heterocycles. The number of nitrogens with zero attached hydrogens (tertiary/aromatic N) is 1. The number of hydrogen-bond acceptors (Lipinski definition) is 4. The molecule has 4 rings (SSSR count). The summed E-state index contributed by atoms with van der Waals surface area (Å²) in [7, 11) is 0. The van der Waals surface area contributed by atoms with Gasteiger partial charge in [0, 0.05) is 31.5 Å². The number of ether oxygens (including phenoxy) is 2. The summed E-state index contributed by atoms with van der Waals surface area (Å²) in [5.74, 6) is 1.80. The van der Waals surface area contributed by atoms with Gasteiger partial charge in [-0.3, -0.25) is 9.69 Å². The van der Waals surface area contributed by atoms with Crippen molar-refractivity contribution in [1.29, 1.82) is 0 Å². The minimum atomic E-state index is 0.169. The lowest BCUT2D eigenvalue weighted by Gasteiger charge is -2.40. The van der Waals surface area contributed by atoms with Gasteiger partial charge < -0.3 is 14.8 Å². The predicted octanol–water partition coefficient (Wildman–Crippen LogP) is 3.69. The second-order valence-corrected chi connectivity index (χ2v) is 8.53. The molecule has 1 saturated heterocycles. The number of piperidine rings is 1. The third-order valence-corrected chi connectivity index (χ3v) is 6.36. The second kappa shape index (κ2) is 9.64. The lowest BCUT2D eigenvalue weighted by atomic mass is 9.92. The molecular formula is C23H34N2O3. The van der Waals surface area contributed by atoms with E-state index in [0.29, 0.717) is 25.7 Å². The number of amides is 1. The van der Waals surface area contributed by atoms with Gasteiger partial charge in [-0.1, -0.05) is 25.3 Å². The van der Waals surface area contributed by atoms with Crippen LogP contribution in [0.1, 0.15) is 63.4 Å². The van der Waals surface area contributed by atoms with Crippen LogP contribution in [0.5, 0.6) is 11.5 Å². The van der Waals surface area contributed by atoms with E-state index < -0.39 is 0 Å². The van der Waals surface area contributed by atoms with Crippen LogP contribution in [-0.2, 0) is 11.2 Å². The van der Waals surface area contributed by atoms with E-state index in [4.69, 9.17) is 9.47 Å². The fraction of sp³-hybridized carbons (Fsp3) is 0.696. The smallest absolute Gasteiger partial charge is 0.220 e. The summed E-state index contributed by atoms with van der Waals surface area (Å²) in [5.41, 5.74) is 1.13. The highest BCUT2D eigenvalue weighted by Gasteiger charge is 2.27. The highest BCUT2D eigenvalue weighted by molar-refractivity contribution is 5.76. The molecule has 2 fully saturated rings. The van der Waals surface area contributed by atoms with E-state index in [9.17, 15) is 4.79 Å². The average molecular weight is 387 g/mol. The summed E-state index contributed by atoms with van der Waals surface area (Å²) < 4.78 is 11.4. The molecule has 28 heavy (non-hydrogen) atoms. The first-order valence-corrected chi connectivity index (χ1v) is 11.2. The molecular weight excluding hydrogens is 352 g/mol. The Morgan fingerprint density at radius 1 is 1.00 bits per heavy atom. The molecule has 0 bridgehead atoms. The molecule has 2 aliphatic heterocycles. The lowest BCUT2D eigenvalue weighted by molar-refractivity contribution is -0.122. The second-order valence-electron chi connectivity index (χ2n) is 8.53. The Hall–Kier alpha value is -1.75. The zero-order chi connectivity index (χ0) is 19.2. The maximum atomic E-state index is 12.5. The number of rotatable bonds is 5. The molecule has 1 aromatic carbocycles. The molecule has 2 heterocycles. The number of fused-ring (bicyclic) bond motifs is 1. The summed E-state index contributed by atoms with van der Waals surface area (Å²) in [5, 5.41) is 3.29. The van der Waals surface area contributed by atoms with Crippen molar-refractivity contribution >= 4 is 5.91 Å². The molecule has 5 heteroatoms. The van der Waals surface area contributed by atoms with Gasteiger partial charge in [-0.15, -0.1) is 0 Å². The zero-order valence-electron chi connectivity index (χ0n) is 17.0. The molecule has 3 aliphatic rings. The fourth-order valence-electron chi connectivity index (χ4n) is 4.82. The van der Waals surface area contributed by atoms with Crippen molar-refractivity contribution < 1.29 is 14.3 Å². The Kier molecular flexibility index (Phi) is 6.73. The Morgan fingerprint density at radius 3 is 2.68 bits per heavy atom. The van der Waals surface area contributed by atoms with E-state index in [2.05, 4.69) is 10.2 Å². The number of carbonyl (C=O) groups excluding carboxylic acids is 1. The maximum Gasteiger partial charge on any atom is 0.220 e. The molecule has 5 nitrogen and oxygen atoms in total. The van der Waals surface area contributed by atoms with Gasteiger partial charge in [0.1, 0.15) is 0 Å². The van der Waals surface area contributed by atoms with Crippen LogP contribution in [0, 0.1) is 0 Å². The monoisotopic (exact) mass is 386 g/mol. The van der Waals surface area contributed by atoms with E-state index in [-0.39, 0.29) is 5.91 Å². The first-order valence-electron chi connectivity index (χ1n) is 11.2. The van der Waals surface area contributed by atoms with Gasteiger partial charge >= 0.3 is 0 Å². The largest absolute Gasteiger partial charge is 0.490 e. The summed E-state index contributed by atoms with van der Waals surface area (Å²) >= 11 is 0. The van der Waals surface area contributed by atoms with Gasteiger partial charge in [-0.2, -0.15) is 0 Å². The molecule has 1 aromatic rings. The molecule has 0 radical (unpaired) electrons. The third-order valence-electron chi connectivity index (χ3n) is 6.36. The van der Waals surface area contributed by atoms with Crippen LogP contribution in [-0.4, -0.2) is 49.2 Å². The van der Waals surface area contributed by atoms with Crippen molar-refractivity contribution in [3.05, 3.63) is 23.8 Å². The topological polar surface area (TPSA) is 50.8 Å². The minimum Gasteiger partial charge on any atom is -0.490 e. The maximum absolute atomic E-state index is 12.5. The quantitative estimate of drug-likeness (QED) is 0.838. The number of benzene rings is 1. The molecule has 154 valence electrons. The average Bonchev–Trinajstić information content (AvgIpc) is 2.98. The van der Waals surface area contributed by atoms with Crippen LogP contribution in [0.2, 0.25) is 0 Å². The molecule has 1 N–H and O–H groups in total. The Labute approximate surface area is 168 Å². The van der Waals surface area contributed by atoms with Crippen LogP contribution in [0.3, 0.4) is 0 Å². The van der Waals surface area contributed by atoms with Crippen molar-refractivity contribution in [3.8, 4) is 11.5 Å². The van der Waals surface area contributed by atoms with Crippen molar-refractivity contribution in [2.75, 3.05) is 26.3 Å². The van der Waals surface area contributed by atoms with Gasteiger partial charge in [0.2, 0.25) is 5.91 Å². The molecule has 0 spiro atoms. The normalized spacial score (nSPS) is 23.8. The number of nitrogens with one attached hydrogen (secondary N) is 1. The molecule has 1 atom stereocenters. The minimum absolute atomic E-state index is 0.169. The first-order chi connectivity index (χ1) is 13.8. The van der Waals surface area contributed by atoms with E-state index >= 15 is 0 Å². The molecule has 1 amide bonds. The van der Waals surface area contributed by atoms with Gasteiger partial charge in [-0.25, -0.2) is 0 Å². The van der Waals surface area contributed by atoms with Crippen LogP contribution < -0.4 is 14.8 Å². The highest BCUT2D eigenvalue weighted by atomic mass is 16.5. The molecule has 1 unspecified atom stereocenters. The Balaban J connectivity index is 1.24. The van der Waals surface area contributed by atoms with Crippen LogP contribution >= 0.6 is 0 Å². The van der Waals surface area contributed by atoms with E-state index in [0.717, 1.165) is 48.9 Å². The first kappa shape index (κ1) is 19.6. The SMILES string of the molecule is O=C(CCc1ccc2c(c1)OCCCO2)NC1CCCN(C2CCCCC2)C1. The van der Waals surface area contributed by atoms with Crippen molar-refractivity contribution in [2.24, 2.45) is 0 Å². The van der Waals surface area contributed by atoms with E-state index in [1.54, 1.807) is 0 Å². The standard InChI is InChI=1S/C23H34N2O3/c26-23(12-10-18-9-11-21-22(16-18)28-15-5-14-27-21)24-19-6-4-13-25(17-19)20-7-2-1-3-8-20/h9,11,16,19-20H,1-8,10,12-15,17H2,(H,24,26). The summed E-state index contributed by atoms with van der Waals surface area (Å²) in [6, 6.07) is 7.10. The van der Waals surface area contributed by atoms with E-state index in [1.165, 1.54) is 45.1 Å². The van der Waals surface area contributed by atoms with Gasteiger partial charge in [0.15, 0.2) is 11.5 Å². The van der Waals surface area contributed by atoms with Crippen molar-refractivity contribution in [1.82, 2.24) is 10.2 Å². The highest BCUT2D eigenvalue weighted by Crippen LogP contribution is 2.31. The summed E-state index contributed by atoms with van der Waals surface area (Å²) in [6.07, 6.45) is 11.3. The predicted molar refractivity (Wildman–Crippen MR) is 110 cm³/mol. The number of aryl methyl sites for hydroxylation is 1. The zero-order valence-corrected chi connectivity index (χ0v) is 17.0. The Morgan fingerprint density at radius 2 is 1.82 bits per heavy atom. The number of likely N-dealkylation sites (tertiary alicyclic amines) is 1. The Bertz CT molecular complexity index is 657. The fourth-order valence-corrected chi connectivity index (χ4v) is 4.82. The molecule has 1 saturated carbocycles. The van der Waals surface area contributed by atoms with Gasteiger partial charge in [0.05, 0.1) is 13.2 Å². The summed E-state index contributed by atoms with van der Waals surface area (Å²) in [4.78, 5) is 15.2. The van der Waals surface area contributed by atoms with Gasteiger partial charge in [-0.05, 0) is 56.3 Å². The number of carbonyl (C=O) groups is 1. The lowest BCUT2D eigenvalue weighted by Crippen LogP contribution is -2.51. The van der Waals surface area contributed by atoms with Crippen molar-refractivity contribution in [3.63, 3.8) is 0 Å². The van der Waals surface area contributed by atoms with Crippen LogP contribution in [0.15, 0.2) is 18.2 Å². The van der Waals surface area contributed by atoms with E-state index in [1.807, 2.05) is 18.2 Å². The third kappa shape index (κ3) is 5.19. The van der Waals surface area contributed by atoms with Crippen LogP contribution in [0.25, 0.3) is 0 Å². The van der Waals surface area contributed by atoms with Crippen molar-refractivity contribution in [2.45, 2.75) is 76.3 Å². The molecule has 1 aliphatic carbocycles.